The van der Waals surface area contributed by atoms with Crippen molar-refractivity contribution in [2.24, 2.45) is 5.92 Å². The van der Waals surface area contributed by atoms with Crippen molar-refractivity contribution in [3.8, 4) is 22.4 Å². The third-order valence-electron chi connectivity index (χ3n) is 9.46. The number of rotatable bonds is 7. The van der Waals surface area contributed by atoms with Crippen LogP contribution in [0.5, 0.6) is 0 Å². The van der Waals surface area contributed by atoms with Crippen LogP contribution in [0.15, 0.2) is 155 Å². The summed E-state index contributed by atoms with van der Waals surface area (Å²) in [5.41, 5.74) is 10.4. The van der Waals surface area contributed by atoms with Crippen molar-refractivity contribution in [3.05, 3.63) is 162 Å². The third-order valence-corrected chi connectivity index (χ3v) is 10.5. The number of allylic oxidation sites excluding steroid dienone is 12. The van der Waals surface area contributed by atoms with E-state index in [1.165, 1.54) is 22.3 Å². The predicted molar refractivity (Wildman–Crippen MR) is 210 cm³/mol. The Morgan fingerprint density at radius 1 is 0.816 bits per heavy atom. The molecule has 1 aliphatic heterocycles. The molecule has 3 aromatic carbocycles. The van der Waals surface area contributed by atoms with Crippen LogP contribution in [0.1, 0.15) is 57.3 Å². The predicted octanol–water partition coefficient (Wildman–Crippen LogP) is 12.8. The molecule has 244 valence electrons. The van der Waals surface area contributed by atoms with Gasteiger partial charge in [-0.15, -0.1) is 11.8 Å². The van der Waals surface area contributed by atoms with Crippen molar-refractivity contribution in [1.29, 1.82) is 0 Å². The normalized spacial score (nSPS) is 21.4. The molecule has 2 aromatic heterocycles. The zero-order chi connectivity index (χ0) is 33.6. The van der Waals surface area contributed by atoms with E-state index >= 15 is 0 Å². The Morgan fingerprint density at radius 3 is 2.33 bits per heavy atom. The van der Waals surface area contributed by atoms with Crippen LogP contribution in [-0.4, -0.2) is 15.2 Å². The number of nitrogens with zero attached hydrogens (tertiary/aromatic N) is 2. The molecule has 2 atom stereocenters. The Morgan fingerprint density at radius 2 is 1.55 bits per heavy atom. The third kappa shape index (κ3) is 7.11. The molecule has 0 amide bonds. The van der Waals surface area contributed by atoms with Crippen LogP contribution in [0.2, 0.25) is 0 Å². The number of fused-ring (bicyclic) bond motifs is 3. The second kappa shape index (κ2) is 15.1. The summed E-state index contributed by atoms with van der Waals surface area (Å²) in [6.45, 7) is 6.80. The zero-order valence-corrected chi connectivity index (χ0v) is 29.2. The van der Waals surface area contributed by atoms with E-state index in [0.29, 0.717) is 16.8 Å². The first-order valence-electron chi connectivity index (χ1n) is 17.4. The number of para-hydroxylation sites is 1. The maximum atomic E-state index is 6.41. The summed E-state index contributed by atoms with van der Waals surface area (Å²) in [5.74, 6) is 1.32. The van der Waals surface area contributed by atoms with E-state index in [1.54, 1.807) is 0 Å². The van der Waals surface area contributed by atoms with Crippen molar-refractivity contribution in [3.63, 3.8) is 0 Å². The highest BCUT2D eigenvalue weighted by Gasteiger charge is 2.21. The lowest BCUT2D eigenvalue weighted by Gasteiger charge is -2.21. The lowest BCUT2D eigenvalue weighted by molar-refractivity contribution is 0.554. The van der Waals surface area contributed by atoms with Gasteiger partial charge in [0.2, 0.25) is 0 Å². The molecule has 0 spiro atoms. The van der Waals surface area contributed by atoms with E-state index in [-0.39, 0.29) is 5.92 Å². The number of hydrogen-bond donors (Lipinski definition) is 0. The minimum Gasteiger partial charge on any atom is -0.452 e. The van der Waals surface area contributed by atoms with Gasteiger partial charge in [-0.1, -0.05) is 147 Å². The van der Waals surface area contributed by atoms with E-state index in [9.17, 15) is 0 Å². The highest BCUT2D eigenvalue weighted by atomic mass is 32.2. The van der Waals surface area contributed by atoms with Gasteiger partial charge in [0.15, 0.2) is 5.58 Å². The molecule has 5 aromatic rings. The van der Waals surface area contributed by atoms with Gasteiger partial charge in [0.1, 0.15) is 22.6 Å². The van der Waals surface area contributed by atoms with E-state index in [0.717, 1.165) is 58.4 Å². The Bertz CT molecular complexity index is 2160. The first kappa shape index (κ1) is 32.6. The fourth-order valence-electron chi connectivity index (χ4n) is 6.69. The van der Waals surface area contributed by atoms with Gasteiger partial charge in [-0.2, -0.15) is 0 Å². The van der Waals surface area contributed by atoms with Crippen molar-refractivity contribution >= 4 is 39.4 Å². The molecule has 0 saturated carbocycles. The average Bonchev–Trinajstić information content (AvgIpc) is 3.30. The Kier molecular flexibility index (Phi) is 10.0. The summed E-state index contributed by atoms with van der Waals surface area (Å²) in [5, 5.41) is 3.80. The van der Waals surface area contributed by atoms with Gasteiger partial charge in [0.05, 0.1) is 5.92 Å². The smallest absolute Gasteiger partial charge is 0.180 e. The Hall–Kier alpha value is -4.93. The minimum atomic E-state index is -0.0296. The lowest BCUT2D eigenvalue weighted by Crippen LogP contribution is -2.09. The van der Waals surface area contributed by atoms with Crippen LogP contribution in [0, 0.1) is 5.92 Å². The lowest BCUT2D eigenvalue weighted by atomic mass is 9.91. The fourth-order valence-corrected chi connectivity index (χ4v) is 7.77. The molecule has 1 aliphatic carbocycles. The van der Waals surface area contributed by atoms with Gasteiger partial charge in [-0.05, 0) is 71.9 Å². The van der Waals surface area contributed by atoms with E-state index in [1.807, 2.05) is 42.1 Å². The number of furan rings is 1. The molecule has 49 heavy (non-hydrogen) atoms. The summed E-state index contributed by atoms with van der Waals surface area (Å²) >= 11 is 1.94. The molecule has 2 aliphatic rings. The molecule has 0 fully saturated rings. The maximum absolute atomic E-state index is 6.41. The molecule has 7 rings (SSSR count). The topological polar surface area (TPSA) is 38.9 Å². The number of benzene rings is 3. The summed E-state index contributed by atoms with van der Waals surface area (Å²) in [6, 6.07) is 25.6. The zero-order valence-electron chi connectivity index (χ0n) is 28.4. The quantitative estimate of drug-likeness (QED) is 0.163. The average molecular weight is 659 g/mol. The SMILES string of the molecule is CC/C=C\C1CC(CC)/C(C)=C/C=C\C(c2ccccc2-c2ccc(-c3nc(C4C=CC=CC=C4)nc4c3oc3ccccc34)cc2)=C\S1. The standard InChI is InChI=1S/C45H42N2OS/c1-4-6-20-37-29-32(5-2)31(3)16-15-19-36(30-49-37)39-22-12-11-21-38(39)33-25-27-34(28-26-33)42-44-43(40-23-13-14-24-41(40)48-44)47-45(46-42)35-17-9-7-8-10-18-35/h6-28,30,32,35,37H,4-5,29H2,1-3H3/b19-15-,20-6-,31-16+,36-30-. The molecule has 0 saturated heterocycles. The molecule has 2 unspecified atom stereocenters. The monoisotopic (exact) mass is 658 g/mol. The molecule has 0 N–H and O–H groups in total. The first-order chi connectivity index (χ1) is 24.1. The van der Waals surface area contributed by atoms with Gasteiger partial charge >= 0.3 is 0 Å². The van der Waals surface area contributed by atoms with Crippen LogP contribution in [0.25, 0.3) is 50.0 Å². The largest absolute Gasteiger partial charge is 0.452 e. The molecule has 0 bridgehead atoms. The van der Waals surface area contributed by atoms with Crippen molar-refractivity contribution in [2.75, 3.05) is 0 Å². The Balaban J connectivity index is 1.28. The fraction of sp³-hybridized carbons (Fsp3) is 0.200. The minimum absolute atomic E-state index is 0.0296. The van der Waals surface area contributed by atoms with E-state index in [2.05, 4.69) is 135 Å². The second-order valence-corrected chi connectivity index (χ2v) is 13.8. The van der Waals surface area contributed by atoms with Crippen LogP contribution in [0.3, 0.4) is 0 Å². The summed E-state index contributed by atoms with van der Waals surface area (Å²) in [7, 11) is 0. The van der Waals surface area contributed by atoms with Gasteiger partial charge < -0.3 is 4.42 Å². The van der Waals surface area contributed by atoms with Gasteiger partial charge in [0.25, 0.3) is 0 Å². The molecule has 4 heteroatoms. The van der Waals surface area contributed by atoms with Crippen LogP contribution in [0.4, 0.5) is 0 Å². The summed E-state index contributed by atoms with van der Waals surface area (Å²) in [4.78, 5) is 10.2. The number of aromatic nitrogens is 2. The molecule has 3 nitrogen and oxygen atoms in total. The molecule has 3 heterocycles. The molecular weight excluding hydrogens is 617 g/mol. The number of thioether (sulfide) groups is 1. The van der Waals surface area contributed by atoms with E-state index in [4.69, 9.17) is 14.4 Å². The molecular formula is C45H42N2OS. The van der Waals surface area contributed by atoms with E-state index < -0.39 is 0 Å². The molecule has 0 radical (unpaired) electrons. The van der Waals surface area contributed by atoms with Crippen molar-refractivity contribution in [2.45, 2.75) is 51.2 Å². The van der Waals surface area contributed by atoms with Gasteiger partial charge in [-0.25, -0.2) is 9.97 Å². The summed E-state index contributed by atoms with van der Waals surface area (Å²) in [6.07, 6.45) is 27.3. The van der Waals surface area contributed by atoms with Crippen LogP contribution in [-0.2, 0) is 0 Å². The Labute approximate surface area is 294 Å². The highest BCUT2D eigenvalue weighted by Crippen LogP contribution is 2.38. The van der Waals surface area contributed by atoms with Crippen LogP contribution >= 0.6 is 11.8 Å². The number of hydrogen-bond acceptors (Lipinski definition) is 4. The highest BCUT2D eigenvalue weighted by molar-refractivity contribution is 8.03. The maximum Gasteiger partial charge on any atom is 0.180 e. The second-order valence-electron chi connectivity index (χ2n) is 12.7. The van der Waals surface area contributed by atoms with Gasteiger partial charge in [0, 0.05) is 16.2 Å². The first-order valence-corrected chi connectivity index (χ1v) is 18.4. The van der Waals surface area contributed by atoms with Gasteiger partial charge in [-0.3, -0.25) is 0 Å². The van der Waals surface area contributed by atoms with Crippen molar-refractivity contribution in [1.82, 2.24) is 9.97 Å². The van der Waals surface area contributed by atoms with Crippen molar-refractivity contribution < 1.29 is 4.42 Å². The van der Waals surface area contributed by atoms with Crippen LogP contribution < -0.4 is 0 Å². The summed E-state index contributed by atoms with van der Waals surface area (Å²) < 4.78 is 6.41.